The molecule has 2 nitrogen and oxygen atoms in total. The molecule has 1 aromatic carbocycles. The van der Waals surface area contributed by atoms with Crippen molar-refractivity contribution in [2.24, 2.45) is 0 Å². The van der Waals surface area contributed by atoms with Gasteiger partial charge in [0.05, 0.1) is 12.3 Å². The SMILES string of the molecule is CCCC=Cc1c(C(C)C)nc(C)c(CO)c1-c1ccc(F)cc1. The molecule has 0 saturated heterocycles. The van der Waals surface area contributed by atoms with Crippen LogP contribution in [0.1, 0.15) is 62.0 Å². The number of allylic oxidation sites excluding steroid dienone is 1. The van der Waals surface area contributed by atoms with Crippen molar-refractivity contribution in [1.29, 1.82) is 0 Å². The lowest BCUT2D eigenvalue weighted by molar-refractivity contribution is 0.281. The Morgan fingerprint density at radius 1 is 1.21 bits per heavy atom. The van der Waals surface area contributed by atoms with Gasteiger partial charge in [0.2, 0.25) is 0 Å². The molecule has 0 unspecified atom stereocenters. The molecule has 1 N–H and O–H groups in total. The van der Waals surface area contributed by atoms with Gasteiger partial charge in [-0.25, -0.2) is 4.39 Å². The van der Waals surface area contributed by atoms with E-state index in [4.69, 9.17) is 4.98 Å². The highest BCUT2D eigenvalue weighted by molar-refractivity contribution is 5.80. The average Bonchev–Trinajstić information content (AvgIpc) is 2.56. The van der Waals surface area contributed by atoms with E-state index in [-0.39, 0.29) is 18.3 Å². The van der Waals surface area contributed by atoms with Crippen LogP contribution in [0.3, 0.4) is 0 Å². The third-order valence-electron chi connectivity index (χ3n) is 4.15. The number of rotatable bonds is 6. The fourth-order valence-corrected chi connectivity index (χ4v) is 2.90. The minimum atomic E-state index is -0.262. The molecule has 0 radical (unpaired) electrons. The normalized spacial score (nSPS) is 11.6. The van der Waals surface area contributed by atoms with E-state index in [1.165, 1.54) is 12.1 Å². The zero-order chi connectivity index (χ0) is 17.7. The second kappa shape index (κ2) is 8.20. The van der Waals surface area contributed by atoms with Crippen molar-refractivity contribution < 1.29 is 9.50 Å². The zero-order valence-electron chi connectivity index (χ0n) is 14.9. The van der Waals surface area contributed by atoms with Gasteiger partial charge in [-0.15, -0.1) is 0 Å². The fraction of sp³-hybridized carbons (Fsp3) is 0.381. The molecule has 1 aromatic heterocycles. The quantitative estimate of drug-likeness (QED) is 0.746. The molecule has 2 aromatic rings. The Labute approximate surface area is 144 Å². The van der Waals surface area contributed by atoms with Gasteiger partial charge in [-0.3, -0.25) is 4.98 Å². The van der Waals surface area contributed by atoms with E-state index < -0.39 is 0 Å². The van der Waals surface area contributed by atoms with Gasteiger partial charge in [0.1, 0.15) is 5.82 Å². The Kier molecular flexibility index (Phi) is 6.27. The predicted octanol–water partition coefficient (Wildman–Crippen LogP) is 5.63. The van der Waals surface area contributed by atoms with Crippen molar-refractivity contribution in [3.63, 3.8) is 0 Å². The first-order chi connectivity index (χ1) is 11.5. The smallest absolute Gasteiger partial charge is 0.123 e. The summed E-state index contributed by atoms with van der Waals surface area (Å²) in [6.45, 7) is 8.21. The number of unbranched alkanes of at least 4 members (excludes halogenated alkanes) is 1. The number of nitrogens with zero attached hydrogens (tertiary/aromatic N) is 1. The standard InChI is InChI=1S/C21H26FNO/c1-5-6-7-8-18-20(16-9-11-17(22)12-10-16)19(13-24)15(4)23-21(18)14(2)3/h7-12,14,24H,5-6,13H2,1-4H3. The van der Waals surface area contributed by atoms with E-state index >= 15 is 0 Å². The van der Waals surface area contributed by atoms with Crippen LogP contribution < -0.4 is 0 Å². The van der Waals surface area contributed by atoms with Crippen LogP contribution in [0, 0.1) is 12.7 Å². The molecule has 24 heavy (non-hydrogen) atoms. The van der Waals surface area contributed by atoms with Crippen molar-refractivity contribution in [2.75, 3.05) is 0 Å². The van der Waals surface area contributed by atoms with E-state index in [9.17, 15) is 9.50 Å². The molecule has 0 atom stereocenters. The topological polar surface area (TPSA) is 33.1 Å². The lowest BCUT2D eigenvalue weighted by Crippen LogP contribution is -2.07. The van der Waals surface area contributed by atoms with Gasteiger partial charge in [0, 0.05) is 16.8 Å². The zero-order valence-corrected chi connectivity index (χ0v) is 14.9. The minimum absolute atomic E-state index is 0.0848. The summed E-state index contributed by atoms with van der Waals surface area (Å²) in [4.78, 5) is 4.74. The van der Waals surface area contributed by atoms with Crippen molar-refractivity contribution in [3.8, 4) is 11.1 Å². The number of hydrogen-bond acceptors (Lipinski definition) is 2. The van der Waals surface area contributed by atoms with Crippen LogP contribution in [0.4, 0.5) is 4.39 Å². The first-order valence-corrected chi connectivity index (χ1v) is 8.56. The maximum atomic E-state index is 13.3. The molecular weight excluding hydrogens is 301 g/mol. The second-order valence-corrected chi connectivity index (χ2v) is 6.36. The van der Waals surface area contributed by atoms with Crippen molar-refractivity contribution in [1.82, 2.24) is 4.98 Å². The van der Waals surface area contributed by atoms with E-state index in [1.54, 1.807) is 12.1 Å². The summed E-state index contributed by atoms with van der Waals surface area (Å²) in [7, 11) is 0. The highest BCUT2D eigenvalue weighted by Crippen LogP contribution is 2.35. The number of hydrogen-bond donors (Lipinski definition) is 1. The molecule has 0 saturated carbocycles. The largest absolute Gasteiger partial charge is 0.392 e. The summed E-state index contributed by atoms with van der Waals surface area (Å²) >= 11 is 0. The maximum Gasteiger partial charge on any atom is 0.123 e. The summed E-state index contributed by atoms with van der Waals surface area (Å²) in [6.07, 6.45) is 6.31. The number of aliphatic hydroxyl groups is 1. The molecule has 1 heterocycles. The summed E-state index contributed by atoms with van der Waals surface area (Å²) in [5.41, 5.74) is 5.54. The monoisotopic (exact) mass is 327 g/mol. The van der Waals surface area contributed by atoms with E-state index in [1.807, 2.05) is 6.92 Å². The van der Waals surface area contributed by atoms with Crippen LogP contribution >= 0.6 is 0 Å². The molecule has 0 aliphatic carbocycles. The van der Waals surface area contributed by atoms with E-state index in [0.717, 1.165) is 46.5 Å². The predicted molar refractivity (Wildman–Crippen MR) is 98.3 cm³/mol. The number of benzene rings is 1. The van der Waals surface area contributed by atoms with Gasteiger partial charge in [-0.1, -0.05) is 51.5 Å². The van der Waals surface area contributed by atoms with Gasteiger partial charge in [0.25, 0.3) is 0 Å². The number of pyridine rings is 1. The van der Waals surface area contributed by atoms with E-state index in [2.05, 4.69) is 32.9 Å². The molecule has 0 fully saturated rings. The molecule has 0 amide bonds. The average molecular weight is 327 g/mol. The Morgan fingerprint density at radius 3 is 2.42 bits per heavy atom. The third kappa shape index (κ3) is 3.90. The lowest BCUT2D eigenvalue weighted by Gasteiger charge is -2.20. The highest BCUT2D eigenvalue weighted by Gasteiger charge is 2.19. The second-order valence-electron chi connectivity index (χ2n) is 6.36. The molecular formula is C21H26FNO. The third-order valence-corrected chi connectivity index (χ3v) is 4.15. The van der Waals surface area contributed by atoms with E-state index in [0.29, 0.717) is 0 Å². The first kappa shape index (κ1) is 18.3. The van der Waals surface area contributed by atoms with Crippen molar-refractivity contribution in [2.45, 2.75) is 53.1 Å². The minimum Gasteiger partial charge on any atom is -0.392 e. The number of aliphatic hydroxyl groups excluding tert-OH is 1. The number of aromatic nitrogens is 1. The van der Waals surface area contributed by atoms with Crippen molar-refractivity contribution >= 4 is 6.08 Å². The highest BCUT2D eigenvalue weighted by atomic mass is 19.1. The molecule has 0 aliphatic rings. The lowest BCUT2D eigenvalue weighted by atomic mass is 9.89. The summed E-state index contributed by atoms with van der Waals surface area (Å²) in [5, 5.41) is 9.90. The molecule has 0 spiro atoms. The molecule has 0 bridgehead atoms. The van der Waals surface area contributed by atoms with Crippen LogP contribution in [0.25, 0.3) is 17.2 Å². The van der Waals surface area contributed by atoms with Crippen LogP contribution in [0.15, 0.2) is 30.3 Å². The maximum absolute atomic E-state index is 13.3. The fourth-order valence-electron chi connectivity index (χ4n) is 2.90. The van der Waals surface area contributed by atoms with Crippen LogP contribution in [0.5, 0.6) is 0 Å². The van der Waals surface area contributed by atoms with Gasteiger partial charge in [0.15, 0.2) is 0 Å². The Morgan fingerprint density at radius 2 is 1.88 bits per heavy atom. The van der Waals surface area contributed by atoms with Gasteiger partial charge >= 0.3 is 0 Å². The Hall–Kier alpha value is -2.00. The molecule has 0 aliphatic heterocycles. The number of halogens is 1. The van der Waals surface area contributed by atoms with Gasteiger partial charge in [-0.2, -0.15) is 0 Å². The molecule has 128 valence electrons. The van der Waals surface area contributed by atoms with Crippen LogP contribution in [0.2, 0.25) is 0 Å². The van der Waals surface area contributed by atoms with Gasteiger partial charge in [-0.05, 0) is 42.5 Å². The van der Waals surface area contributed by atoms with Gasteiger partial charge < -0.3 is 5.11 Å². The summed E-state index contributed by atoms with van der Waals surface area (Å²) in [5.74, 6) is -0.000785. The summed E-state index contributed by atoms with van der Waals surface area (Å²) in [6, 6.07) is 6.46. The van der Waals surface area contributed by atoms with Crippen molar-refractivity contribution in [3.05, 3.63) is 58.7 Å². The molecule has 2 rings (SSSR count). The van der Waals surface area contributed by atoms with Crippen LogP contribution in [-0.4, -0.2) is 10.1 Å². The molecule has 3 heteroatoms. The summed E-state index contributed by atoms with van der Waals surface area (Å²) < 4.78 is 13.3. The first-order valence-electron chi connectivity index (χ1n) is 8.56. The Balaban J connectivity index is 2.77. The Bertz CT molecular complexity index is 718. The number of aryl methyl sites for hydroxylation is 1. The van der Waals surface area contributed by atoms with Crippen LogP contribution in [-0.2, 0) is 6.61 Å².